The number of rotatable bonds is 7. The molecule has 20 heavy (non-hydrogen) atoms. The van der Waals surface area contributed by atoms with Crippen molar-refractivity contribution in [2.45, 2.75) is 44.6 Å². The standard InChI is InChI=1S/C17H23NO2/c1-2-20-17(19)16(18-11-12-3-4-12)15-9-7-14(8-10-15)13-5-6-13/h7-10,12-13,16,18H,2-6,11H2,1H3. The summed E-state index contributed by atoms with van der Waals surface area (Å²) in [4.78, 5) is 12.1. The summed E-state index contributed by atoms with van der Waals surface area (Å²) in [5.41, 5.74) is 2.42. The molecule has 1 aromatic carbocycles. The van der Waals surface area contributed by atoms with Gasteiger partial charge in [-0.3, -0.25) is 0 Å². The van der Waals surface area contributed by atoms with E-state index in [4.69, 9.17) is 4.74 Å². The van der Waals surface area contributed by atoms with Crippen molar-refractivity contribution in [1.82, 2.24) is 5.32 Å². The van der Waals surface area contributed by atoms with E-state index in [0.29, 0.717) is 6.61 Å². The highest BCUT2D eigenvalue weighted by Crippen LogP contribution is 2.40. The molecule has 0 aliphatic heterocycles. The predicted octanol–water partition coefficient (Wildman–Crippen LogP) is 3.17. The minimum atomic E-state index is -0.316. The Morgan fingerprint density at radius 1 is 1.25 bits per heavy atom. The zero-order chi connectivity index (χ0) is 13.9. The Labute approximate surface area is 120 Å². The molecule has 0 spiro atoms. The molecular formula is C17H23NO2. The molecule has 3 nitrogen and oxygen atoms in total. The van der Waals surface area contributed by atoms with Gasteiger partial charge < -0.3 is 10.1 Å². The van der Waals surface area contributed by atoms with E-state index in [-0.39, 0.29) is 12.0 Å². The minimum Gasteiger partial charge on any atom is -0.465 e. The van der Waals surface area contributed by atoms with Crippen molar-refractivity contribution < 1.29 is 9.53 Å². The smallest absolute Gasteiger partial charge is 0.327 e. The van der Waals surface area contributed by atoms with Gasteiger partial charge in [-0.05, 0) is 62.1 Å². The average Bonchev–Trinajstić information content (AvgIpc) is 3.33. The first kappa shape index (κ1) is 13.6. The van der Waals surface area contributed by atoms with Gasteiger partial charge in [0.05, 0.1) is 6.61 Å². The maximum absolute atomic E-state index is 12.1. The Hall–Kier alpha value is -1.35. The molecule has 2 saturated carbocycles. The molecule has 1 unspecified atom stereocenters. The molecule has 0 saturated heterocycles. The second-order valence-corrected chi connectivity index (χ2v) is 5.98. The summed E-state index contributed by atoms with van der Waals surface area (Å²) < 4.78 is 5.20. The Bertz CT molecular complexity index is 460. The van der Waals surface area contributed by atoms with Gasteiger partial charge in [-0.25, -0.2) is 4.79 Å². The van der Waals surface area contributed by atoms with E-state index < -0.39 is 0 Å². The van der Waals surface area contributed by atoms with Crippen LogP contribution in [0.1, 0.15) is 55.7 Å². The average molecular weight is 273 g/mol. The van der Waals surface area contributed by atoms with Crippen molar-refractivity contribution in [3.63, 3.8) is 0 Å². The van der Waals surface area contributed by atoms with Crippen LogP contribution in [0.15, 0.2) is 24.3 Å². The van der Waals surface area contributed by atoms with Crippen LogP contribution in [0.3, 0.4) is 0 Å². The summed E-state index contributed by atoms with van der Waals surface area (Å²) in [6.45, 7) is 3.19. The van der Waals surface area contributed by atoms with Crippen LogP contribution in [0.25, 0.3) is 0 Å². The summed E-state index contributed by atoms with van der Waals surface area (Å²) in [7, 11) is 0. The molecule has 1 atom stereocenters. The summed E-state index contributed by atoms with van der Waals surface area (Å²) >= 11 is 0. The largest absolute Gasteiger partial charge is 0.465 e. The van der Waals surface area contributed by atoms with Crippen LogP contribution in [-0.2, 0) is 9.53 Å². The Balaban J connectivity index is 1.69. The number of carbonyl (C=O) groups excluding carboxylic acids is 1. The minimum absolute atomic E-state index is 0.160. The summed E-state index contributed by atoms with van der Waals surface area (Å²) in [5, 5.41) is 3.37. The molecular weight excluding hydrogens is 250 g/mol. The van der Waals surface area contributed by atoms with Gasteiger partial charge in [-0.15, -0.1) is 0 Å². The molecule has 0 amide bonds. The first-order valence-electron chi connectivity index (χ1n) is 7.77. The van der Waals surface area contributed by atoms with Gasteiger partial charge in [-0.1, -0.05) is 24.3 Å². The number of esters is 1. The molecule has 2 fully saturated rings. The third kappa shape index (κ3) is 3.40. The zero-order valence-electron chi connectivity index (χ0n) is 12.1. The van der Waals surface area contributed by atoms with Crippen LogP contribution in [0, 0.1) is 5.92 Å². The van der Waals surface area contributed by atoms with Gasteiger partial charge in [0.2, 0.25) is 0 Å². The van der Waals surface area contributed by atoms with E-state index >= 15 is 0 Å². The monoisotopic (exact) mass is 273 g/mol. The van der Waals surface area contributed by atoms with E-state index in [1.807, 2.05) is 6.92 Å². The van der Waals surface area contributed by atoms with Crippen LogP contribution in [0.5, 0.6) is 0 Å². The number of hydrogen-bond acceptors (Lipinski definition) is 3. The van der Waals surface area contributed by atoms with E-state index in [1.54, 1.807) is 0 Å². The Morgan fingerprint density at radius 3 is 2.50 bits per heavy atom. The fourth-order valence-electron chi connectivity index (χ4n) is 2.55. The van der Waals surface area contributed by atoms with Crippen LogP contribution in [0.4, 0.5) is 0 Å². The summed E-state index contributed by atoms with van der Waals surface area (Å²) in [6.07, 6.45) is 5.17. The predicted molar refractivity (Wildman–Crippen MR) is 78.5 cm³/mol. The lowest BCUT2D eigenvalue weighted by atomic mass is 10.0. The topological polar surface area (TPSA) is 38.3 Å². The first-order chi connectivity index (χ1) is 9.78. The molecule has 3 rings (SSSR count). The van der Waals surface area contributed by atoms with Gasteiger partial charge in [0.15, 0.2) is 0 Å². The first-order valence-corrected chi connectivity index (χ1v) is 7.77. The quantitative estimate of drug-likeness (QED) is 0.775. The number of hydrogen-bond donors (Lipinski definition) is 1. The fourth-order valence-corrected chi connectivity index (χ4v) is 2.55. The van der Waals surface area contributed by atoms with Gasteiger partial charge in [0, 0.05) is 0 Å². The summed E-state index contributed by atoms with van der Waals surface area (Å²) in [6, 6.07) is 8.17. The highest BCUT2D eigenvalue weighted by Gasteiger charge is 2.28. The van der Waals surface area contributed by atoms with E-state index in [9.17, 15) is 4.79 Å². The second kappa shape index (κ2) is 5.96. The third-order valence-electron chi connectivity index (χ3n) is 4.15. The van der Waals surface area contributed by atoms with Gasteiger partial charge in [0.25, 0.3) is 0 Å². The number of ether oxygens (including phenoxy) is 1. The van der Waals surface area contributed by atoms with Gasteiger partial charge in [-0.2, -0.15) is 0 Å². The normalized spacial score (nSPS) is 19.6. The maximum atomic E-state index is 12.1. The van der Waals surface area contributed by atoms with Crippen LogP contribution in [-0.4, -0.2) is 19.1 Å². The van der Waals surface area contributed by atoms with E-state index in [2.05, 4.69) is 29.6 Å². The van der Waals surface area contributed by atoms with Crippen LogP contribution >= 0.6 is 0 Å². The van der Waals surface area contributed by atoms with Gasteiger partial charge in [0.1, 0.15) is 6.04 Å². The van der Waals surface area contributed by atoms with Crippen molar-refractivity contribution in [3.05, 3.63) is 35.4 Å². The van der Waals surface area contributed by atoms with Crippen molar-refractivity contribution in [2.24, 2.45) is 5.92 Å². The van der Waals surface area contributed by atoms with Gasteiger partial charge >= 0.3 is 5.97 Å². The zero-order valence-corrected chi connectivity index (χ0v) is 12.1. The maximum Gasteiger partial charge on any atom is 0.327 e. The second-order valence-electron chi connectivity index (χ2n) is 5.98. The lowest BCUT2D eigenvalue weighted by Gasteiger charge is -2.18. The SMILES string of the molecule is CCOC(=O)C(NCC1CC1)c1ccc(C2CC2)cc1. The Kier molecular flexibility index (Phi) is 4.06. The molecule has 1 N–H and O–H groups in total. The fraction of sp³-hybridized carbons (Fsp3) is 0.588. The molecule has 0 heterocycles. The molecule has 1 aromatic rings. The number of benzene rings is 1. The summed E-state index contributed by atoms with van der Waals surface area (Å²) in [5.74, 6) is 1.34. The molecule has 108 valence electrons. The number of nitrogens with one attached hydrogen (secondary N) is 1. The molecule has 2 aliphatic carbocycles. The lowest BCUT2D eigenvalue weighted by Crippen LogP contribution is -2.31. The molecule has 0 aromatic heterocycles. The van der Waals surface area contributed by atoms with Crippen LogP contribution < -0.4 is 5.32 Å². The van der Waals surface area contributed by atoms with Crippen LogP contribution in [0.2, 0.25) is 0 Å². The van der Waals surface area contributed by atoms with E-state index in [0.717, 1.165) is 23.9 Å². The van der Waals surface area contributed by atoms with E-state index in [1.165, 1.54) is 31.2 Å². The Morgan fingerprint density at radius 2 is 1.95 bits per heavy atom. The van der Waals surface area contributed by atoms with Crippen molar-refractivity contribution in [1.29, 1.82) is 0 Å². The highest BCUT2D eigenvalue weighted by molar-refractivity contribution is 5.77. The molecule has 3 heteroatoms. The third-order valence-corrected chi connectivity index (χ3v) is 4.15. The number of carbonyl (C=O) groups is 1. The highest BCUT2D eigenvalue weighted by atomic mass is 16.5. The lowest BCUT2D eigenvalue weighted by molar-refractivity contribution is -0.145. The van der Waals surface area contributed by atoms with Crippen molar-refractivity contribution in [2.75, 3.05) is 13.2 Å². The molecule has 0 radical (unpaired) electrons. The van der Waals surface area contributed by atoms with Crippen molar-refractivity contribution in [3.8, 4) is 0 Å². The van der Waals surface area contributed by atoms with Crippen molar-refractivity contribution >= 4 is 5.97 Å². The molecule has 2 aliphatic rings. The molecule has 0 bridgehead atoms.